The molecule has 1 aliphatic heterocycles. The van der Waals surface area contributed by atoms with Gasteiger partial charge < -0.3 is 29.5 Å². The Morgan fingerprint density at radius 3 is 2.58 bits per heavy atom. The zero-order valence-corrected chi connectivity index (χ0v) is 26.4. The maximum absolute atomic E-state index is 14.9. The molecule has 1 fully saturated rings. The van der Waals surface area contributed by atoms with Crippen molar-refractivity contribution in [2.75, 3.05) is 44.6 Å². The molecule has 2 N–H and O–H groups in total. The highest BCUT2D eigenvalue weighted by molar-refractivity contribution is 5.93. The molecule has 238 valence electrons. The molecule has 0 amide bonds. The highest BCUT2D eigenvalue weighted by atomic mass is 19.1. The van der Waals surface area contributed by atoms with Crippen LogP contribution in [0.3, 0.4) is 0 Å². The van der Waals surface area contributed by atoms with E-state index in [1.54, 1.807) is 43.3 Å². The number of methoxy groups -OCH3 is 3. The van der Waals surface area contributed by atoms with Gasteiger partial charge in [-0.2, -0.15) is 9.61 Å². The highest BCUT2D eigenvalue weighted by Gasteiger charge is 2.31. The monoisotopic (exact) mass is 618 g/mol. The molecule has 0 radical (unpaired) electrons. The topological polar surface area (TPSA) is 124 Å². The zero-order valence-electron chi connectivity index (χ0n) is 26.4. The Kier molecular flexibility index (Phi) is 8.12. The molecule has 45 heavy (non-hydrogen) atoms. The van der Waals surface area contributed by atoms with E-state index in [2.05, 4.69) is 22.2 Å². The summed E-state index contributed by atoms with van der Waals surface area (Å²) in [5.74, 6) is 2.46. The maximum atomic E-state index is 14.9. The molecular formula is C32H39FN8O4. The molecule has 0 bridgehead atoms. The van der Waals surface area contributed by atoms with Crippen LogP contribution in [0, 0.1) is 11.7 Å². The minimum absolute atomic E-state index is 0.0129. The van der Waals surface area contributed by atoms with E-state index in [0.29, 0.717) is 65.4 Å². The van der Waals surface area contributed by atoms with Gasteiger partial charge in [-0.05, 0) is 44.4 Å². The lowest BCUT2D eigenvalue weighted by molar-refractivity contribution is 0.0577. The van der Waals surface area contributed by atoms with Gasteiger partial charge in [0.25, 0.3) is 0 Å². The Morgan fingerprint density at radius 2 is 1.84 bits per heavy atom. The Labute approximate surface area is 260 Å². The van der Waals surface area contributed by atoms with Crippen LogP contribution >= 0.6 is 0 Å². The summed E-state index contributed by atoms with van der Waals surface area (Å²) in [5, 5.41) is 23.6. The SMILES string of the molecule is COc1ccc(CNc2nc3cc(OC)c(F)cc3c3nc(C4CC(C)CN(c5cnn(CC(C)(C)O)c5)C4)nn23)c(OC)c1. The number of hydrogen-bond acceptors (Lipinski definition) is 10. The van der Waals surface area contributed by atoms with E-state index in [-0.39, 0.29) is 11.7 Å². The molecule has 2 unspecified atom stereocenters. The highest BCUT2D eigenvalue weighted by Crippen LogP contribution is 2.34. The number of nitrogens with one attached hydrogen (secondary N) is 1. The maximum Gasteiger partial charge on any atom is 0.226 e. The zero-order chi connectivity index (χ0) is 31.9. The van der Waals surface area contributed by atoms with Crippen LogP contribution in [0.5, 0.6) is 17.2 Å². The summed E-state index contributed by atoms with van der Waals surface area (Å²) in [6.45, 7) is 8.08. The van der Waals surface area contributed by atoms with E-state index in [1.807, 2.05) is 30.6 Å². The van der Waals surface area contributed by atoms with Crippen molar-refractivity contribution in [3.05, 3.63) is 59.9 Å². The molecule has 13 heteroatoms. The summed E-state index contributed by atoms with van der Waals surface area (Å²) in [4.78, 5) is 12.1. The first kappa shape index (κ1) is 30.4. The van der Waals surface area contributed by atoms with Crippen molar-refractivity contribution in [1.29, 1.82) is 0 Å². The quantitative estimate of drug-likeness (QED) is 0.229. The van der Waals surface area contributed by atoms with Crippen LogP contribution < -0.4 is 24.4 Å². The van der Waals surface area contributed by atoms with Gasteiger partial charge in [0.1, 0.15) is 11.5 Å². The molecule has 6 rings (SSSR count). The van der Waals surface area contributed by atoms with Crippen LogP contribution in [0.15, 0.2) is 42.7 Å². The number of rotatable bonds is 10. The fourth-order valence-corrected chi connectivity index (χ4v) is 5.99. The molecule has 5 aromatic rings. The molecule has 0 aliphatic carbocycles. The van der Waals surface area contributed by atoms with Crippen molar-refractivity contribution in [2.24, 2.45) is 5.92 Å². The van der Waals surface area contributed by atoms with Gasteiger partial charge in [0.05, 0.1) is 50.9 Å². The minimum Gasteiger partial charge on any atom is -0.497 e. The second kappa shape index (κ2) is 12.0. The van der Waals surface area contributed by atoms with E-state index < -0.39 is 11.4 Å². The summed E-state index contributed by atoms with van der Waals surface area (Å²) >= 11 is 0. The number of aromatic nitrogens is 6. The molecule has 1 saturated heterocycles. The van der Waals surface area contributed by atoms with Crippen LogP contribution in [0.2, 0.25) is 0 Å². The van der Waals surface area contributed by atoms with Crippen LogP contribution in [0.1, 0.15) is 44.5 Å². The molecule has 3 aromatic heterocycles. The van der Waals surface area contributed by atoms with Crippen LogP contribution in [0.4, 0.5) is 16.0 Å². The lowest BCUT2D eigenvalue weighted by atomic mass is 9.90. The second-order valence-electron chi connectivity index (χ2n) is 12.3. The lowest BCUT2D eigenvalue weighted by Gasteiger charge is -2.36. The molecular weight excluding hydrogens is 579 g/mol. The lowest BCUT2D eigenvalue weighted by Crippen LogP contribution is -2.39. The molecule has 12 nitrogen and oxygen atoms in total. The predicted octanol–water partition coefficient (Wildman–Crippen LogP) is 4.65. The van der Waals surface area contributed by atoms with Gasteiger partial charge in [-0.25, -0.2) is 14.4 Å². The number of piperidine rings is 1. The summed E-state index contributed by atoms with van der Waals surface area (Å²) < 4.78 is 34.5. The number of hydrogen-bond donors (Lipinski definition) is 2. The molecule has 4 heterocycles. The molecule has 0 spiro atoms. The summed E-state index contributed by atoms with van der Waals surface area (Å²) in [7, 11) is 4.65. The van der Waals surface area contributed by atoms with Crippen molar-refractivity contribution >= 4 is 28.2 Å². The van der Waals surface area contributed by atoms with Crippen molar-refractivity contribution in [1.82, 2.24) is 29.4 Å². The van der Waals surface area contributed by atoms with E-state index in [0.717, 1.165) is 24.2 Å². The number of benzene rings is 2. The van der Waals surface area contributed by atoms with Crippen molar-refractivity contribution in [3.63, 3.8) is 0 Å². The smallest absolute Gasteiger partial charge is 0.226 e. The normalized spacial score (nSPS) is 17.2. The van der Waals surface area contributed by atoms with Gasteiger partial charge in [0, 0.05) is 54.8 Å². The van der Waals surface area contributed by atoms with Crippen molar-refractivity contribution < 1.29 is 23.7 Å². The van der Waals surface area contributed by atoms with Crippen molar-refractivity contribution in [3.8, 4) is 17.2 Å². The molecule has 2 atom stereocenters. The van der Waals surface area contributed by atoms with Gasteiger partial charge in [-0.15, -0.1) is 5.10 Å². The first-order valence-electron chi connectivity index (χ1n) is 14.9. The predicted molar refractivity (Wildman–Crippen MR) is 169 cm³/mol. The summed E-state index contributed by atoms with van der Waals surface area (Å²) in [6.07, 6.45) is 4.69. The third-order valence-corrected chi connectivity index (χ3v) is 8.05. The minimum atomic E-state index is -0.869. The van der Waals surface area contributed by atoms with Gasteiger partial charge in [-0.1, -0.05) is 6.92 Å². The van der Waals surface area contributed by atoms with Crippen molar-refractivity contribution in [2.45, 2.75) is 51.8 Å². The Morgan fingerprint density at radius 1 is 1.04 bits per heavy atom. The number of fused-ring (bicyclic) bond motifs is 3. The van der Waals surface area contributed by atoms with Gasteiger partial charge in [0.15, 0.2) is 23.0 Å². The van der Waals surface area contributed by atoms with E-state index >= 15 is 0 Å². The average molecular weight is 619 g/mol. The van der Waals surface area contributed by atoms with E-state index in [4.69, 9.17) is 29.3 Å². The molecule has 0 saturated carbocycles. The summed E-state index contributed by atoms with van der Waals surface area (Å²) in [6, 6.07) is 8.60. The third-order valence-electron chi connectivity index (χ3n) is 8.05. The number of nitrogens with zero attached hydrogens (tertiary/aromatic N) is 7. The largest absolute Gasteiger partial charge is 0.497 e. The summed E-state index contributed by atoms with van der Waals surface area (Å²) in [5.41, 5.74) is 2.04. The van der Waals surface area contributed by atoms with Crippen LogP contribution in [-0.4, -0.2) is 74.5 Å². The number of aliphatic hydroxyl groups is 1. The van der Waals surface area contributed by atoms with E-state index in [9.17, 15) is 9.50 Å². The fourth-order valence-electron chi connectivity index (χ4n) is 5.99. The first-order valence-corrected chi connectivity index (χ1v) is 14.9. The van der Waals surface area contributed by atoms with E-state index in [1.165, 1.54) is 13.2 Å². The first-order chi connectivity index (χ1) is 21.5. The average Bonchev–Trinajstić information content (AvgIpc) is 3.66. The Balaban J connectivity index is 1.36. The van der Waals surface area contributed by atoms with Crippen LogP contribution in [-0.2, 0) is 13.1 Å². The standard InChI is InChI=1S/C32H39FN8O4/c1-19-9-21(16-39(15-19)22-14-35-40(17-22)18-32(2,3)42)29-37-30-24-11-25(33)28(45-6)12-26(24)36-31(41(30)38-29)34-13-20-7-8-23(43-4)10-27(20)44-5/h7-8,10-12,14,17,19,21,42H,9,13,15-16,18H2,1-6H3,(H,34,36). The van der Waals surface area contributed by atoms with Gasteiger partial charge >= 0.3 is 0 Å². The third kappa shape index (κ3) is 6.30. The molecule has 2 aromatic carbocycles. The van der Waals surface area contributed by atoms with Gasteiger partial charge in [0.2, 0.25) is 5.95 Å². The second-order valence-corrected chi connectivity index (χ2v) is 12.3. The fraction of sp³-hybridized carbons (Fsp3) is 0.438. The Hall–Kier alpha value is -4.65. The number of ether oxygens (including phenoxy) is 3. The molecule has 1 aliphatic rings. The van der Waals surface area contributed by atoms with Gasteiger partial charge in [-0.3, -0.25) is 4.68 Å². The van der Waals surface area contributed by atoms with Crippen LogP contribution in [0.25, 0.3) is 16.6 Å². The number of halogens is 1. The Bertz CT molecular complexity index is 1830. The number of anilines is 2.